The Morgan fingerprint density at radius 3 is 2.31 bits per heavy atom. The smallest absolute Gasteiger partial charge is 0.234 e. The first-order valence-electron chi connectivity index (χ1n) is 12.1. The number of amides is 1. The zero-order chi connectivity index (χ0) is 26.9. The molecule has 0 aliphatic carbocycles. The van der Waals surface area contributed by atoms with Gasteiger partial charge in [0.1, 0.15) is 30.5 Å². The van der Waals surface area contributed by atoms with E-state index in [1.807, 2.05) is 71.3 Å². The molecule has 0 fully saturated rings. The van der Waals surface area contributed by atoms with Crippen molar-refractivity contribution < 1.29 is 18.7 Å². The van der Waals surface area contributed by atoms with E-state index >= 15 is 0 Å². The zero-order valence-electron chi connectivity index (χ0n) is 20.8. The molecule has 0 unspecified atom stereocenters. The van der Waals surface area contributed by atoms with Crippen molar-refractivity contribution in [1.29, 1.82) is 0 Å². The zero-order valence-corrected chi connectivity index (χ0v) is 22.4. The predicted octanol–water partition coefficient (Wildman–Crippen LogP) is 6.46. The van der Waals surface area contributed by atoms with Crippen LogP contribution >= 0.6 is 23.4 Å². The molecule has 10 heteroatoms. The normalized spacial score (nSPS) is 10.8. The van der Waals surface area contributed by atoms with E-state index < -0.39 is 0 Å². The molecule has 39 heavy (non-hydrogen) atoms. The largest absolute Gasteiger partial charge is 0.489 e. The van der Waals surface area contributed by atoms with Crippen LogP contribution in [0.4, 0.5) is 5.69 Å². The summed E-state index contributed by atoms with van der Waals surface area (Å²) in [6.45, 7) is 1.09. The van der Waals surface area contributed by atoms with Crippen molar-refractivity contribution in [2.24, 2.45) is 0 Å². The van der Waals surface area contributed by atoms with Crippen LogP contribution in [0.3, 0.4) is 0 Å². The van der Waals surface area contributed by atoms with Gasteiger partial charge in [0.15, 0.2) is 11.0 Å². The molecule has 1 amide bonds. The minimum atomic E-state index is -0.163. The molecule has 0 bridgehead atoms. The Kier molecular flexibility index (Phi) is 8.82. The Labute approximate surface area is 234 Å². The number of furan rings is 1. The number of ether oxygens (including phenoxy) is 2. The van der Waals surface area contributed by atoms with Crippen molar-refractivity contribution >= 4 is 35.0 Å². The number of anilines is 1. The van der Waals surface area contributed by atoms with Gasteiger partial charge >= 0.3 is 0 Å². The van der Waals surface area contributed by atoms with Crippen LogP contribution in [0.15, 0.2) is 107 Å². The van der Waals surface area contributed by atoms with Crippen molar-refractivity contribution in [3.63, 3.8) is 0 Å². The predicted molar refractivity (Wildman–Crippen MR) is 150 cm³/mol. The standard InChI is InChI=1S/C29H25ClN4O4S/c30-22-8-12-24(13-9-22)38-19-27-32-33-29(34(27)17-26-7-4-16-36-26)39-20-28(35)31-23-10-14-25(15-11-23)37-18-21-5-2-1-3-6-21/h1-16H,17-20H2,(H,31,35). The summed E-state index contributed by atoms with van der Waals surface area (Å²) in [6, 6.07) is 28.0. The monoisotopic (exact) mass is 560 g/mol. The molecule has 1 N–H and O–H groups in total. The highest BCUT2D eigenvalue weighted by Gasteiger charge is 2.16. The molecule has 5 aromatic rings. The molecule has 0 atom stereocenters. The Balaban J connectivity index is 1.17. The average molecular weight is 561 g/mol. The number of nitrogens with zero attached hydrogens (tertiary/aromatic N) is 3. The topological polar surface area (TPSA) is 91.4 Å². The summed E-state index contributed by atoms with van der Waals surface area (Å²) in [5.41, 5.74) is 1.77. The van der Waals surface area contributed by atoms with Crippen LogP contribution in [-0.4, -0.2) is 26.4 Å². The third-order valence-corrected chi connectivity index (χ3v) is 6.81. The van der Waals surface area contributed by atoms with Gasteiger partial charge in [-0.25, -0.2) is 0 Å². The van der Waals surface area contributed by atoms with E-state index in [2.05, 4.69) is 15.5 Å². The molecule has 0 radical (unpaired) electrons. The molecule has 8 nitrogen and oxygen atoms in total. The van der Waals surface area contributed by atoms with E-state index in [9.17, 15) is 4.79 Å². The van der Waals surface area contributed by atoms with Crippen molar-refractivity contribution in [2.75, 3.05) is 11.1 Å². The lowest BCUT2D eigenvalue weighted by molar-refractivity contribution is -0.113. The minimum Gasteiger partial charge on any atom is -0.489 e. The van der Waals surface area contributed by atoms with Gasteiger partial charge in [-0.2, -0.15) is 0 Å². The third-order valence-electron chi connectivity index (χ3n) is 5.59. The maximum atomic E-state index is 12.7. The third kappa shape index (κ3) is 7.66. The quantitative estimate of drug-likeness (QED) is 0.175. The summed E-state index contributed by atoms with van der Waals surface area (Å²) in [6.07, 6.45) is 1.61. The summed E-state index contributed by atoms with van der Waals surface area (Å²) >= 11 is 7.24. The van der Waals surface area contributed by atoms with Crippen molar-refractivity contribution in [1.82, 2.24) is 14.8 Å². The van der Waals surface area contributed by atoms with Crippen LogP contribution in [0.1, 0.15) is 17.1 Å². The van der Waals surface area contributed by atoms with Crippen LogP contribution in [0.25, 0.3) is 0 Å². The molecule has 0 aliphatic rings. The van der Waals surface area contributed by atoms with Crippen LogP contribution in [0.2, 0.25) is 5.02 Å². The molecule has 2 aromatic heterocycles. The fourth-order valence-electron chi connectivity index (χ4n) is 3.63. The number of carbonyl (C=O) groups excluding carboxylic acids is 1. The molecule has 0 saturated carbocycles. The van der Waals surface area contributed by atoms with E-state index in [4.69, 9.17) is 25.5 Å². The molecule has 0 aliphatic heterocycles. The molecular weight excluding hydrogens is 536 g/mol. The van der Waals surface area contributed by atoms with Crippen LogP contribution in [-0.2, 0) is 24.6 Å². The molecule has 3 aromatic carbocycles. The highest BCUT2D eigenvalue weighted by atomic mass is 35.5. The number of thioether (sulfide) groups is 1. The maximum Gasteiger partial charge on any atom is 0.234 e. The first-order chi connectivity index (χ1) is 19.1. The Morgan fingerprint density at radius 1 is 0.872 bits per heavy atom. The van der Waals surface area contributed by atoms with E-state index in [1.165, 1.54) is 11.8 Å². The number of carbonyl (C=O) groups is 1. The fourth-order valence-corrected chi connectivity index (χ4v) is 4.51. The fraction of sp³-hybridized carbons (Fsp3) is 0.138. The number of nitrogens with one attached hydrogen (secondary N) is 1. The Hall–Kier alpha value is -4.21. The molecule has 2 heterocycles. The van der Waals surface area contributed by atoms with Gasteiger partial charge in [0.05, 0.1) is 18.6 Å². The maximum absolute atomic E-state index is 12.7. The molecule has 198 valence electrons. The number of aromatic nitrogens is 3. The lowest BCUT2D eigenvalue weighted by Gasteiger charge is -2.10. The summed E-state index contributed by atoms with van der Waals surface area (Å²) in [4.78, 5) is 12.7. The lowest BCUT2D eigenvalue weighted by Crippen LogP contribution is -2.15. The van der Waals surface area contributed by atoms with Crippen LogP contribution in [0.5, 0.6) is 11.5 Å². The van der Waals surface area contributed by atoms with Gasteiger partial charge in [0, 0.05) is 10.7 Å². The Bertz CT molecular complexity index is 1470. The SMILES string of the molecule is O=C(CSc1nnc(COc2ccc(Cl)cc2)n1Cc1ccco1)Nc1ccc(OCc2ccccc2)cc1. The molecule has 0 saturated heterocycles. The lowest BCUT2D eigenvalue weighted by atomic mass is 10.2. The molecule has 0 spiro atoms. The van der Waals surface area contributed by atoms with E-state index in [-0.39, 0.29) is 18.3 Å². The second kappa shape index (κ2) is 13.0. The highest BCUT2D eigenvalue weighted by Crippen LogP contribution is 2.22. The second-order valence-electron chi connectivity index (χ2n) is 8.44. The summed E-state index contributed by atoms with van der Waals surface area (Å²) in [5, 5.41) is 12.7. The van der Waals surface area contributed by atoms with E-state index in [0.29, 0.717) is 40.6 Å². The van der Waals surface area contributed by atoms with Gasteiger partial charge < -0.3 is 19.2 Å². The number of rotatable bonds is 12. The summed E-state index contributed by atoms with van der Waals surface area (Å²) in [7, 11) is 0. The van der Waals surface area contributed by atoms with Gasteiger partial charge in [0.2, 0.25) is 5.91 Å². The first-order valence-corrected chi connectivity index (χ1v) is 13.5. The van der Waals surface area contributed by atoms with Gasteiger partial charge in [-0.15, -0.1) is 10.2 Å². The van der Waals surface area contributed by atoms with E-state index in [1.54, 1.807) is 30.5 Å². The molecular formula is C29H25ClN4O4S. The Morgan fingerprint density at radius 2 is 1.59 bits per heavy atom. The number of hydrogen-bond acceptors (Lipinski definition) is 7. The van der Waals surface area contributed by atoms with Crippen molar-refractivity contribution in [3.8, 4) is 11.5 Å². The van der Waals surface area contributed by atoms with Crippen LogP contribution in [0, 0.1) is 0 Å². The van der Waals surface area contributed by atoms with Gasteiger partial charge in [-0.3, -0.25) is 9.36 Å². The van der Waals surface area contributed by atoms with E-state index in [0.717, 1.165) is 17.1 Å². The summed E-state index contributed by atoms with van der Waals surface area (Å²) in [5.74, 6) is 2.73. The highest BCUT2D eigenvalue weighted by molar-refractivity contribution is 7.99. The number of halogens is 1. The average Bonchev–Trinajstić information content (AvgIpc) is 3.62. The number of hydrogen-bond donors (Lipinski definition) is 1. The molecule has 5 rings (SSSR count). The van der Waals surface area contributed by atoms with Gasteiger partial charge in [-0.05, 0) is 66.2 Å². The van der Waals surface area contributed by atoms with Crippen molar-refractivity contribution in [2.45, 2.75) is 24.9 Å². The van der Waals surface area contributed by atoms with Gasteiger partial charge in [-0.1, -0.05) is 53.7 Å². The summed E-state index contributed by atoms with van der Waals surface area (Å²) < 4.78 is 19.1. The van der Waals surface area contributed by atoms with Crippen LogP contribution < -0.4 is 14.8 Å². The second-order valence-corrected chi connectivity index (χ2v) is 9.82. The number of benzene rings is 3. The minimum absolute atomic E-state index is 0.153. The van der Waals surface area contributed by atoms with Gasteiger partial charge in [0.25, 0.3) is 0 Å². The first kappa shape index (κ1) is 26.4. The van der Waals surface area contributed by atoms with Crippen molar-refractivity contribution in [3.05, 3.63) is 119 Å².